The summed E-state index contributed by atoms with van der Waals surface area (Å²) < 4.78 is 16.7. The highest BCUT2D eigenvalue weighted by molar-refractivity contribution is 5.71. The average Bonchev–Trinajstić information content (AvgIpc) is 3.26. The van der Waals surface area contributed by atoms with Gasteiger partial charge in [0.1, 0.15) is 13.2 Å². The molecule has 61 heavy (non-hydrogen) atoms. The van der Waals surface area contributed by atoms with Crippen LogP contribution >= 0.6 is 0 Å². The highest BCUT2D eigenvalue weighted by Crippen LogP contribution is 2.14. The molecule has 0 aromatic rings. The van der Waals surface area contributed by atoms with Crippen LogP contribution in [0.3, 0.4) is 0 Å². The Labute approximate surface area is 376 Å². The molecule has 0 spiro atoms. The SMILES string of the molecule is CC/C=C\C/C=C\C/C=C\C/C=C\C/C=C\C/C=C\CCCCCCC(=O)OCC(COC(=O)CCCCCCCCCC)OC(=O)CCCCCCCCCCCCCC. The second-order valence-electron chi connectivity index (χ2n) is 16.7. The first-order valence-electron chi connectivity index (χ1n) is 25.4. The van der Waals surface area contributed by atoms with Crippen molar-refractivity contribution in [3.05, 3.63) is 72.9 Å². The molecule has 6 nitrogen and oxygen atoms in total. The van der Waals surface area contributed by atoms with Crippen LogP contribution in [0.25, 0.3) is 0 Å². The van der Waals surface area contributed by atoms with E-state index in [1.54, 1.807) is 0 Å². The lowest BCUT2D eigenvalue weighted by molar-refractivity contribution is -0.167. The van der Waals surface area contributed by atoms with Crippen molar-refractivity contribution in [2.45, 2.75) is 245 Å². The van der Waals surface area contributed by atoms with Gasteiger partial charge in [0, 0.05) is 19.3 Å². The third-order valence-electron chi connectivity index (χ3n) is 10.7. The van der Waals surface area contributed by atoms with Gasteiger partial charge in [-0.25, -0.2) is 0 Å². The van der Waals surface area contributed by atoms with Crippen molar-refractivity contribution < 1.29 is 28.6 Å². The zero-order valence-electron chi connectivity index (χ0n) is 39.9. The number of hydrogen-bond acceptors (Lipinski definition) is 6. The van der Waals surface area contributed by atoms with Gasteiger partial charge in [-0.15, -0.1) is 0 Å². The van der Waals surface area contributed by atoms with Crippen molar-refractivity contribution in [1.29, 1.82) is 0 Å². The molecule has 1 unspecified atom stereocenters. The number of unbranched alkanes of at least 4 members (excludes halogenated alkanes) is 22. The monoisotopic (exact) mass is 851 g/mol. The van der Waals surface area contributed by atoms with Gasteiger partial charge in [0.2, 0.25) is 0 Å². The number of allylic oxidation sites excluding steroid dienone is 12. The fourth-order valence-electron chi connectivity index (χ4n) is 6.92. The molecular weight excluding hydrogens is 757 g/mol. The Bertz CT molecular complexity index is 1160. The van der Waals surface area contributed by atoms with Crippen LogP contribution in [0.4, 0.5) is 0 Å². The molecule has 350 valence electrons. The van der Waals surface area contributed by atoms with Crippen molar-refractivity contribution in [3.8, 4) is 0 Å². The molecule has 0 saturated heterocycles. The Morgan fingerprint density at radius 2 is 0.639 bits per heavy atom. The quantitative estimate of drug-likeness (QED) is 0.0263. The fraction of sp³-hybridized carbons (Fsp3) is 0.727. The van der Waals surface area contributed by atoms with E-state index < -0.39 is 6.10 Å². The van der Waals surface area contributed by atoms with Crippen LogP contribution in [0, 0.1) is 0 Å². The van der Waals surface area contributed by atoms with Crippen LogP contribution in [-0.2, 0) is 28.6 Å². The molecule has 0 aromatic carbocycles. The van der Waals surface area contributed by atoms with E-state index in [0.29, 0.717) is 19.3 Å². The van der Waals surface area contributed by atoms with Gasteiger partial charge in [0.05, 0.1) is 0 Å². The molecule has 0 bridgehead atoms. The maximum Gasteiger partial charge on any atom is 0.306 e. The van der Waals surface area contributed by atoms with Crippen molar-refractivity contribution in [2.75, 3.05) is 13.2 Å². The molecule has 0 aromatic heterocycles. The van der Waals surface area contributed by atoms with E-state index in [9.17, 15) is 14.4 Å². The minimum Gasteiger partial charge on any atom is -0.462 e. The summed E-state index contributed by atoms with van der Waals surface area (Å²) in [5.74, 6) is -0.910. The lowest BCUT2D eigenvalue weighted by atomic mass is 10.0. The number of carbonyl (C=O) groups excluding carboxylic acids is 3. The summed E-state index contributed by atoms with van der Waals surface area (Å²) in [6.07, 6.45) is 61.8. The summed E-state index contributed by atoms with van der Waals surface area (Å²) in [6.45, 7) is 6.47. The normalized spacial score (nSPS) is 12.6. The molecule has 0 saturated carbocycles. The van der Waals surface area contributed by atoms with E-state index in [-0.39, 0.29) is 31.1 Å². The van der Waals surface area contributed by atoms with E-state index in [1.165, 1.54) is 89.9 Å². The molecule has 0 heterocycles. The van der Waals surface area contributed by atoms with Crippen molar-refractivity contribution in [3.63, 3.8) is 0 Å². The fourth-order valence-corrected chi connectivity index (χ4v) is 6.92. The molecular formula is C55H94O6. The summed E-state index contributed by atoms with van der Waals surface area (Å²) in [5, 5.41) is 0. The first kappa shape index (κ1) is 57.9. The zero-order valence-corrected chi connectivity index (χ0v) is 39.9. The Balaban J connectivity index is 4.30. The van der Waals surface area contributed by atoms with Crippen LogP contribution in [0.2, 0.25) is 0 Å². The summed E-state index contributed by atoms with van der Waals surface area (Å²) >= 11 is 0. The smallest absolute Gasteiger partial charge is 0.306 e. The van der Waals surface area contributed by atoms with Gasteiger partial charge in [0.25, 0.3) is 0 Å². The van der Waals surface area contributed by atoms with E-state index in [4.69, 9.17) is 14.2 Å². The van der Waals surface area contributed by atoms with Crippen LogP contribution in [0.15, 0.2) is 72.9 Å². The average molecular weight is 851 g/mol. The Hall–Kier alpha value is -3.15. The zero-order chi connectivity index (χ0) is 44.4. The van der Waals surface area contributed by atoms with E-state index in [2.05, 4.69) is 93.7 Å². The van der Waals surface area contributed by atoms with Crippen LogP contribution < -0.4 is 0 Å². The van der Waals surface area contributed by atoms with E-state index in [0.717, 1.165) is 109 Å². The molecule has 0 rings (SSSR count). The summed E-state index contributed by atoms with van der Waals surface area (Å²) in [6, 6.07) is 0. The van der Waals surface area contributed by atoms with Crippen molar-refractivity contribution in [1.82, 2.24) is 0 Å². The molecule has 0 aliphatic carbocycles. The second kappa shape index (κ2) is 49.5. The molecule has 0 fully saturated rings. The Morgan fingerprint density at radius 1 is 0.344 bits per heavy atom. The minimum absolute atomic E-state index is 0.0814. The van der Waals surface area contributed by atoms with Crippen LogP contribution in [-0.4, -0.2) is 37.2 Å². The first-order valence-corrected chi connectivity index (χ1v) is 25.4. The molecule has 6 heteroatoms. The predicted molar refractivity (Wildman–Crippen MR) is 261 cm³/mol. The number of esters is 3. The summed E-state index contributed by atoms with van der Waals surface area (Å²) in [7, 11) is 0. The third-order valence-corrected chi connectivity index (χ3v) is 10.7. The number of ether oxygens (including phenoxy) is 3. The van der Waals surface area contributed by atoms with Gasteiger partial charge in [-0.2, -0.15) is 0 Å². The summed E-state index contributed by atoms with van der Waals surface area (Å²) in [5.41, 5.74) is 0. The lowest BCUT2D eigenvalue weighted by Gasteiger charge is -2.18. The second-order valence-corrected chi connectivity index (χ2v) is 16.7. The summed E-state index contributed by atoms with van der Waals surface area (Å²) in [4.78, 5) is 37.8. The van der Waals surface area contributed by atoms with Crippen LogP contribution in [0.5, 0.6) is 0 Å². The largest absolute Gasteiger partial charge is 0.462 e. The van der Waals surface area contributed by atoms with E-state index >= 15 is 0 Å². The predicted octanol–water partition coefficient (Wildman–Crippen LogP) is 16.6. The molecule has 0 N–H and O–H groups in total. The molecule has 0 aliphatic rings. The van der Waals surface area contributed by atoms with Gasteiger partial charge in [-0.3, -0.25) is 14.4 Å². The maximum atomic E-state index is 12.7. The minimum atomic E-state index is -0.780. The number of carbonyl (C=O) groups is 3. The maximum absolute atomic E-state index is 12.7. The van der Waals surface area contributed by atoms with Crippen molar-refractivity contribution in [2.24, 2.45) is 0 Å². The van der Waals surface area contributed by atoms with Gasteiger partial charge in [0.15, 0.2) is 6.10 Å². The van der Waals surface area contributed by atoms with Crippen LogP contribution in [0.1, 0.15) is 239 Å². The molecule has 0 radical (unpaired) electrons. The van der Waals surface area contributed by atoms with Gasteiger partial charge < -0.3 is 14.2 Å². The van der Waals surface area contributed by atoms with Gasteiger partial charge >= 0.3 is 17.9 Å². The van der Waals surface area contributed by atoms with Gasteiger partial charge in [-0.1, -0.05) is 222 Å². The van der Waals surface area contributed by atoms with Gasteiger partial charge in [-0.05, 0) is 70.6 Å². The Morgan fingerprint density at radius 3 is 1.00 bits per heavy atom. The standard InChI is InChI=1S/C55H94O6/c1-4-7-10-13-16-19-21-23-24-25-26-27-28-29-30-31-32-33-35-36-39-42-45-48-54(57)60-51-52(50-59-53(56)47-44-41-38-18-15-12-9-6-3)61-55(58)49-46-43-40-37-34-22-20-17-14-11-8-5-2/h7,10,16,19,23-24,26-27,29-30,32-33,52H,4-6,8-9,11-15,17-18,20-22,25,28,31,34-51H2,1-3H3/b10-7-,19-16-,24-23-,27-26-,30-29-,33-32-. The van der Waals surface area contributed by atoms with Crippen molar-refractivity contribution >= 4 is 17.9 Å². The molecule has 0 amide bonds. The number of hydrogen-bond donors (Lipinski definition) is 0. The van der Waals surface area contributed by atoms with E-state index in [1.807, 2.05) is 0 Å². The molecule has 0 aliphatic heterocycles. The third kappa shape index (κ3) is 47.7. The lowest BCUT2D eigenvalue weighted by Crippen LogP contribution is -2.30. The topological polar surface area (TPSA) is 78.9 Å². The number of rotatable bonds is 45. The first-order chi connectivity index (χ1) is 30.0. The highest BCUT2D eigenvalue weighted by Gasteiger charge is 2.19. The Kier molecular flexibility index (Phi) is 46.9. The molecule has 1 atom stereocenters. The highest BCUT2D eigenvalue weighted by atomic mass is 16.6.